The topological polar surface area (TPSA) is 37.3 Å². The first-order valence-corrected chi connectivity index (χ1v) is 5.05. The van der Waals surface area contributed by atoms with E-state index in [1.54, 1.807) is 13.8 Å². The van der Waals surface area contributed by atoms with E-state index in [9.17, 15) is 18.0 Å². The molecule has 0 amide bonds. The van der Waals surface area contributed by atoms with Gasteiger partial charge in [0.2, 0.25) is 0 Å². The van der Waals surface area contributed by atoms with E-state index >= 15 is 0 Å². The predicted molar refractivity (Wildman–Crippen MR) is 51.5 cm³/mol. The van der Waals surface area contributed by atoms with Gasteiger partial charge in [-0.3, -0.25) is 4.79 Å². The summed E-state index contributed by atoms with van der Waals surface area (Å²) in [5.74, 6) is -2.35. The van der Waals surface area contributed by atoms with Gasteiger partial charge >= 0.3 is 12.1 Å². The first-order chi connectivity index (χ1) is 6.58. The predicted octanol–water partition coefficient (Wildman–Crippen LogP) is 3.18. The molecule has 15 heavy (non-hydrogen) atoms. The van der Waals surface area contributed by atoms with E-state index in [2.05, 4.69) is 15.9 Å². The fourth-order valence-corrected chi connectivity index (χ4v) is 2.00. The summed E-state index contributed by atoms with van der Waals surface area (Å²) < 4.78 is 35.6. The number of carboxylic acid groups (broad SMARTS) is 1. The summed E-state index contributed by atoms with van der Waals surface area (Å²) >= 11 is 2.41. The van der Waals surface area contributed by atoms with Crippen molar-refractivity contribution in [2.75, 3.05) is 0 Å². The molecule has 0 aliphatic heterocycles. The first-order valence-electron chi connectivity index (χ1n) is 4.26. The molecule has 2 atom stereocenters. The van der Waals surface area contributed by atoms with Gasteiger partial charge in [-0.05, 0) is 27.3 Å². The van der Waals surface area contributed by atoms with Crippen molar-refractivity contribution >= 4 is 21.9 Å². The van der Waals surface area contributed by atoms with Crippen LogP contribution in [0.1, 0.15) is 13.8 Å². The SMILES string of the molecule is CC1(C)[C@H](/C=C(\Br)C(F)(F)F)[C@H]1C(=O)O. The molecular weight excluding hydrogens is 277 g/mol. The molecule has 1 saturated carbocycles. The molecule has 0 saturated heterocycles. The zero-order valence-corrected chi connectivity index (χ0v) is 9.69. The standard InChI is InChI=1S/C9H10BrF3O2/c1-8(2)4(6(8)7(14)15)3-5(10)9(11,12)13/h3-4,6H,1-2H3,(H,14,15)/b5-3-/t4-,6+/m1/s1. The fourth-order valence-electron chi connectivity index (χ4n) is 1.71. The van der Waals surface area contributed by atoms with Crippen LogP contribution in [0.25, 0.3) is 0 Å². The molecule has 0 bridgehead atoms. The van der Waals surface area contributed by atoms with Crippen molar-refractivity contribution < 1.29 is 23.1 Å². The van der Waals surface area contributed by atoms with Crippen molar-refractivity contribution in [3.63, 3.8) is 0 Å². The number of rotatable bonds is 2. The summed E-state index contributed by atoms with van der Waals surface area (Å²) in [6.45, 7) is 3.28. The van der Waals surface area contributed by atoms with Crippen molar-refractivity contribution in [3.05, 3.63) is 10.6 Å². The van der Waals surface area contributed by atoms with Gasteiger partial charge in [0.1, 0.15) is 0 Å². The van der Waals surface area contributed by atoms with Gasteiger partial charge < -0.3 is 5.11 Å². The molecule has 6 heteroatoms. The molecule has 1 N–H and O–H groups in total. The molecule has 1 rings (SSSR count). The lowest BCUT2D eigenvalue weighted by atomic mass is 10.1. The number of alkyl halides is 3. The Bertz CT molecular complexity index is 320. The maximum Gasteiger partial charge on any atom is 0.422 e. The van der Waals surface area contributed by atoms with Crippen LogP contribution in [-0.4, -0.2) is 17.3 Å². The number of aliphatic carboxylic acids is 1. The van der Waals surface area contributed by atoms with Crippen LogP contribution in [0, 0.1) is 17.3 Å². The van der Waals surface area contributed by atoms with Gasteiger partial charge in [0.25, 0.3) is 0 Å². The van der Waals surface area contributed by atoms with Gasteiger partial charge in [0.15, 0.2) is 0 Å². The maximum absolute atomic E-state index is 12.2. The zero-order chi connectivity index (χ0) is 12.0. The van der Waals surface area contributed by atoms with Crippen LogP contribution in [-0.2, 0) is 4.79 Å². The van der Waals surface area contributed by atoms with E-state index in [1.165, 1.54) is 0 Å². The number of carbonyl (C=O) groups is 1. The van der Waals surface area contributed by atoms with Crippen LogP contribution in [0.4, 0.5) is 13.2 Å². The molecule has 1 aliphatic rings. The molecule has 0 aromatic rings. The molecule has 0 radical (unpaired) electrons. The van der Waals surface area contributed by atoms with Crippen LogP contribution in [0.5, 0.6) is 0 Å². The summed E-state index contributed by atoms with van der Waals surface area (Å²) in [5, 5.41) is 8.75. The third-order valence-corrected chi connectivity index (χ3v) is 3.49. The minimum atomic E-state index is -4.44. The van der Waals surface area contributed by atoms with Crippen LogP contribution in [0.15, 0.2) is 10.6 Å². The molecule has 0 aromatic heterocycles. The highest BCUT2D eigenvalue weighted by Crippen LogP contribution is 2.60. The largest absolute Gasteiger partial charge is 0.481 e. The van der Waals surface area contributed by atoms with Crippen LogP contribution >= 0.6 is 15.9 Å². The lowest BCUT2D eigenvalue weighted by Crippen LogP contribution is -2.07. The highest BCUT2D eigenvalue weighted by Gasteiger charge is 2.61. The van der Waals surface area contributed by atoms with Gasteiger partial charge in [0, 0.05) is 0 Å². The highest BCUT2D eigenvalue weighted by molar-refractivity contribution is 9.11. The van der Waals surface area contributed by atoms with E-state index in [4.69, 9.17) is 5.11 Å². The van der Waals surface area contributed by atoms with Gasteiger partial charge in [-0.25, -0.2) is 0 Å². The second-order valence-corrected chi connectivity index (χ2v) is 5.03. The quantitative estimate of drug-likeness (QED) is 0.847. The Hall–Kier alpha value is -0.520. The van der Waals surface area contributed by atoms with Gasteiger partial charge in [0.05, 0.1) is 10.4 Å². The number of halogens is 4. The molecule has 0 spiro atoms. The average molecular weight is 287 g/mol. The Labute approximate surface area is 93.3 Å². The second-order valence-electron chi connectivity index (χ2n) is 4.18. The molecule has 1 aliphatic carbocycles. The average Bonchev–Trinajstić information content (AvgIpc) is 2.50. The maximum atomic E-state index is 12.2. The van der Waals surface area contributed by atoms with Gasteiger partial charge in [-0.2, -0.15) is 13.2 Å². The summed E-state index contributed by atoms with van der Waals surface area (Å²) in [4.78, 5) is 10.7. The fraction of sp³-hybridized carbons (Fsp3) is 0.667. The third-order valence-electron chi connectivity index (χ3n) is 2.77. The van der Waals surface area contributed by atoms with Crippen LogP contribution < -0.4 is 0 Å². The number of carboxylic acids is 1. The van der Waals surface area contributed by atoms with E-state index in [-0.39, 0.29) is 0 Å². The Morgan fingerprint density at radius 1 is 1.47 bits per heavy atom. The summed E-state index contributed by atoms with van der Waals surface area (Å²) in [7, 11) is 0. The number of allylic oxidation sites excluding steroid dienone is 2. The summed E-state index contributed by atoms with van der Waals surface area (Å²) in [5.41, 5.74) is -0.601. The van der Waals surface area contributed by atoms with Gasteiger partial charge in [-0.15, -0.1) is 0 Å². The monoisotopic (exact) mass is 286 g/mol. The lowest BCUT2D eigenvalue weighted by Gasteiger charge is -2.04. The van der Waals surface area contributed by atoms with Crippen molar-refractivity contribution in [1.29, 1.82) is 0 Å². The second kappa shape index (κ2) is 3.50. The molecule has 1 fully saturated rings. The third kappa shape index (κ3) is 2.35. The van der Waals surface area contributed by atoms with Crippen molar-refractivity contribution in [3.8, 4) is 0 Å². The van der Waals surface area contributed by atoms with Crippen LogP contribution in [0.3, 0.4) is 0 Å². The Morgan fingerprint density at radius 2 is 1.93 bits per heavy atom. The van der Waals surface area contributed by atoms with Crippen LogP contribution in [0.2, 0.25) is 0 Å². The molecule has 0 aromatic carbocycles. The molecule has 0 unspecified atom stereocenters. The molecular formula is C9H10BrF3O2. The Morgan fingerprint density at radius 3 is 2.20 bits per heavy atom. The summed E-state index contributed by atoms with van der Waals surface area (Å²) in [6.07, 6.45) is -3.50. The number of hydrogen-bond acceptors (Lipinski definition) is 1. The Balaban J connectivity index is 2.83. The van der Waals surface area contributed by atoms with E-state index in [0.29, 0.717) is 0 Å². The normalized spacial score (nSPS) is 30.1. The van der Waals surface area contributed by atoms with E-state index in [0.717, 1.165) is 6.08 Å². The smallest absolute Gasteiger partial charge is 0.422 e. The first kappa shape index (κ1) is 12.5. The van der Waals surface area contributed by atoms with E-state index < -0.39 is 33.9 Å². The van der Waals surface area contributed by atoms with Gasteiger partial charge in [-0.1, -0.05) is 19.9 Å². The zero-order valence-electron chi connectivity index (χ0n) is 8.10. The highest BCUT2D eigenvalue weighted by atomic mass is 79.9. The number of hydrogen-bond donors (Lipinski definition) is 1. The van der Waals surface area contributed by atoms with Crippen molar-refractivity contribution in [1.82, 2.24) is 0 Å². The minimum Gasteiger partial charge on any atom is -0.481 e. The van der Waals surface area contributed by atoms with E-state index in [1.807, 2.05) is 0 Å². The molecule has 86 valence electrons. The molecule has 2 nitrogen and oxygen atoms in total. The lowest BCUT2D eigenvalue weighted by molar-refractivity contribution is -0.139. The minimum absolute atomic E-state index is 0.564. The van der Waals surface area contributed by atoms with Crippen molar-refractivity contribution in [2.24, 2.45) is 17.3 Å². The Kier molecular flexibility index (Phi) is 2.93. The summed E-state index contributed by atoms with van der Waals surface area (Å²) in [6, 6.07) is 0. The van der Waals surface area contributed by atoms with Crippen molar-refractivity contribution in [2.45, 2.75) is 20.0 Å². The molecule has 0 heterocycles.